The average Bonchev–Trinajstić information content (AvgIpc) is 3.13. The van der Waals surface area contributed by atoms with Crippen molar-refractivity contribution in [2.75, 3.05) is 0 Å². The van der Waals surface area contributed by atoms with E-state index in [9.17, 15) is 18.4 Å². The predicted octanol–water partition coefficient (Wildman–Crippen LogP) is 3.48. The van der Waals surface area contributed by atoms with Gasteiger partial charge in [-0.3, -0.25) is 4.79 Å². The van der Waals surface area contributed by atoms with Gasteiger partial charge in [0, 0.05) is 18.2 Å². The molecule has 7 nitrogen and oxygen atoms in total. The Hall–Kier alpha value is -3.75. The van der Waals surface area contributed by atoms with Crippen LogP contribution < -0.4 is 10.6 Å². The van der Waals surface area contributed by atoms with Gasteiger partial charge in [-0.25, -0.2) is 13.6 Å². The molecule has 2 N–H and O–H groups in total. The number of amides is 3. The maximum atomic E-state index is 14.5. The third-order valence-corrected chi connectivity index (χ3v) is 4.85. The van der Waals surface area contributed by atoms with E-state index >= 15 is 0 Å². The molecule has 0 aliphatic carbocycles. The topological polar surface area (TPSA) is 83.0 Å². The highest BCUT2D eigenvalue weighted by Gasteiger charge is 2.40. The van der Waals surface area contributed by atoms with Gasteiger partial charge in [-0.15, -0.1) is 5.10 Å². The lowest BCUT2D eigenvalue weighted by molar-refractivity contribution is -0.135. The van der Waals surface area contributed by atoms with Crippen molar-refractivity contribution < 1.29 is 23.1 Å². The third-order valence-electron chi connectivity index (χ3n) is 4.85. The normalized spacial score (nSPS) is 21.0. The van der Waals surface area contributed by atoms with Crippen LogP contribution in [0.2, 0.25) is 0 Å². The first-order valence-corrected chi connectivity index (χ1v) is 9.19. The molecular weight excluding hydrogens is 394 g/mol. The van der Waals surface area contributed by atoms with E-state index in [0.717, 1.165) is 5.01 Å². The highest BCUT2D eigenvalue weighted by molar-refractivity contribution is 6.00. The maximum absolute atomic E-state index is 14.5. The first kappa shape index (κ1) is 19.6. The molecule has 0 spiro atoms. The second-order valence-corrected chi connectivity index (χ2v) is 6.85. The van der Waals surface area contributed by atoms with E-state index in [-0.39, 0.29) is 17.0 Å². The van der Waals surface area contributed by atoms with Crippen LogP contribution in [0, 0.1) is 11.6 Å². The second kappa shape index (κ2) is 7.58. The molecule has 30 heavy (non-hydrogen) atoms. The molecule has 2 aliphatic heterocycles. The number of carbonyl (C=O) groups excluding carboxylic acids is 2. The molecule has 9 heteroatoms. The van der Waals surface area contributed by atoms with Gasteiger partial charge in [0.1, 0.15) is 11.6 Å². The molecule has 154 valence electrons. The number of urea groups is 1. The van der Waals surface area contributed by atoms with Crippen molar-refractivity contribution >= 4 is 17.8 Å². The molecule has 2 heterocycles. The number of hydrogen-bond donors (Lipinski definition) is 2. The summed E-state index contributed by atoms with van der Waals surface area (Å²) in [5.74, 6) is -1.57. The summed E-state index contributed by atoms with van der Waals surface area (Å²) in [5, 5.41) is 10.5. The standard InChI is InChI=1S/C21H18F2N4O3/c1-11-17(18(25-21(29)24-11)13-7-3-5-9-15(13)22)19-26-27(12(2)28)20(30-19)14-8-4-6-10-16(14)23/h3-10,18,20H,1-2H3,(H2,24,25,29). The van der Waals surface area contributed by atoms with Crippen molar-refractivity contribution in [3.8, 4) is 0 Å². The molecule has 4 rings (SSSR count). The number of hydrazone groups is 1. The van der Waals surface area contributed by atoms with Crippen LogP contribution in [0.3, 0.4) is 0 Å². The molecule has 2 aromatic rings. The molecule has 0 radical (unpaired) electrons. The van der Waals surface area contributed by atoms with Crippen LogP contribution in [-0.4, -0.2) is 22.8 Å². The molecular formula is C21H18F2N4O3. The number of rotatable bonds is 3. The van der Waals surface area contributed by atoms with Crippen molar-refractivity contribution in [1.82, 2.24) is 15.6 Å². The zero-order chi connectivity index (χ0) is 21.4. The SMILES string of the molecule is CC(=O)N1N=C(C2=C(C)NC(=O)NC2c2ccccc2F)OC1c1ccccc1F. The van der Waals surface area contributed by atoms with Gasteiger partial charge in [0.2, 0.25) is 18.0 Å². The molecule has 2 aliphatic rings. The summed E-state index contributed by atoms with van der Waals surface area (Å²) in [6.07, 6.45) is -1.13. The van der Waals surface area contributed by atoms with Crippen molar-refractivity contribution in [2.24, 2.45) is 5.10 Å². The number of nitrogens with zero attached hydrogens (tertiary/aromatic N) is 2. The van der Waals surface area contributed by atoms with Crippen molar-refractivity contribution in [3.05, 3.63) is 82.6 Å². The number of nitrogens with one attached hydrogen (secondary N) is 2. The largest absolute Gasteiger partial charge is 0.446 e. The Morgan fingerprint density at radius 1 is 1.07 bits per heavy atom. The smallest absolute Gasteiger partial charge is 0.319 e. The summed E-state index contributed by atoms with van der Waals surface area (Å²) < 4.78 is 34.8. The Morgan fingerprint density at radius 2 is 1.67 bits per heavy atom. The van der Waals surface area contributed by atoms with E-state index in [1.807, 2.05) is 0 Å². The van der Waals surface area contributed by atoms with E-state index in [1.54, 1.807) is 19.1 Å². The summed E-state index contributed by atoms with van der Waals surface area (Å²) in [5.41, 5.74) is 1.05. The Balaban J connectivity index is 1.79. The Bertz CT molecular complexity index is 1100. The van der Waals surface area contributed by atoms with Gasteiger partial charge in [0.15, 0.2) is 0 Å². The molecule has 2 unspecified atom stereocenters. The van der Waals surface area contributed by atoms with Crippen LogP contribution in [-0.2, 0) is 9.53 Å². The van der Waals surface area contributed by atoms with Crippen LogP contribution in [0.4, 0.5) is 13.6 Å². The van der Waals surface area contributed by atoms with Crippen LogP contribution in [0.1, 0.15) is 37.2 Å². The molecule has 0 saturated heterocycles. The Labute approximate surface area is 171 Å². The van der Waals surface area contributed by atoms with Gasteiger partial charge < -0.3 is 15.4 Å². The van der Waals surface area contributed by atoms with Gasteiger partial charge in [-0.2, -0.15) is 5.01 Å². The predicted molar refractivity (Wildman–Crippen MR) is 104 cm³/mol. The monoisotopic (exact) mass is 412 g/mol. The second-order valence-electron chi connectivity index (χ2n) is 6.85. The molecule has 0 fully saturated rings. The minimum atomic E-state index is -1.13. The van der Waals surface area contributed by atoms with E-state index < -0.39 is 35.8 Å². The zero-order valence-corrected chi connectivity index (χ0v) is 16.1. The number of carbonyl (C=O) groups is 2. The molecule has 2 atom stereocenters. The van der Waals surface area contributed by atoms with E-state index in [0.29, 0.717) is 11.3 Å². The van der Waals surface area contributed by atoms with E-state index in [1.165, 1.54) is 43.3 Å². The number of ether oxygens (including phenoxy) is 1. The van der Waals surface area contributed by atoms with Gasteiger partial charge in [-0.05, 0) is 19.1 Å². The average molecular weight is 412 g/mol. The summed E-state index contributed by atoms with van der Waals surface area (Å²) >= 11 is 0. The number of halogens is 2. The van der Waals surface area contributed by atoms with Crippen LogP contribution in [0.15, 0.2) is 64.9 Å². The van der Waals surface area contributed by atoms with Crippen LogP contribution in [0.5, 0.6) is 0 Å². The quantitative estimate of drug-likeness (QED) is 0.810. The van der Waals surface area contributed by atoms with Crippen molar-refractivity contribution in [3.63, 3.8) is 0 Å². The van der Waals surface area contributed by atoms with Crippen LogP contribution >= 0.6 is 0 Å². The molecule has 2 aromatic carbocycles. The molecule has 0 saturated carbocycles. The van der Waals surface area contributed by atoms with Gasteiger partial charge >= 0.3 is 6.03 Å². The summed E-state index contributed by atoms with van der Waals surface area (Å²) in [6, 6.07) is 10.4. The first-order chi connectivity index (χ1) is 14.4. The number of benzene rings is 2. The highest BCUT2D eigenvalue weighted by atomic mass is 19.1. The lowest BCUT2D eigenvalue weighted by atomic mass is 9.95. The fraction of sp³-hybridized carbons (Fsp3) is 0.190. The zero-order valence-electron chi connectivity index (χ0n) is 16.1. The van der Waals surface area contributed by atoms with Crippen LogP contribution in [0.25, 0.3) is 0 Å². The minimum absolute atomic E-state index is 0.0169. The first-order valence-electron chi connectivity index (χ1n) is 9.19. The summed E-state index contributed by atoms with van der Waals surface area (Å²) in [6.45, 7) is 2.89. The summed E-state index contributed by atoms with van der Waals surface area (Å²) in [4.78, 5) is 24.2. The molecule has 0 aromatic heterocycles. The maximum Gasteiger partial charge on any atom is 0.319 e. The Morgan fingerprint density at radius 3 is 2.27 bits per heavy atom. The summed E-state index contributed by atoms with van der Waals surface area (Å²) in [7, 11) is 0. The van der Waals surface area contributed by atoms with Crippen molar-refractivity contribution in [2.45, 2.75) is 26.1 Å². The fourth-order valence-electron chi connectivity index (χ4n) is 3.47. The molecule has 0 bridgehead atoms. The Kier molecular flexibility index (Phi) is 4.94. The van der Waals surface area contributed by atoms with Gasteiger partial charge in [0.25, 0.3) is 0 Å². The third kappa shape index (κ3) is 3.38. The van der Waals surface area contributed by atoms with Gasteiger partial charge in [0.05, 0.1) is 17.2 Å². The lowest BCUT2D eigenvalue weighted by Crippen LogP contribution is -2.45. The number of allylic oxidation sites excluding steroid dienone is 1. The molecule has 3 amide bonds. The lowest BCUT2D eigenvalue weighted by Gasteiger charge is -2.29. The fourth-order valence-corrected chi connectivity index (χ4v) is 3.47. The van der Waals surface area contributed by atoms with E-state index in [2.05, 4.69) is 15.7 Å². The van der Waals surface area contributed by atoms with Crippen molar-refractivity contribution in [1.29, 1.82) is 0 Å². The number of hydrogen-bond acceptors (Lipinski definition) is 4. The highest BCUT2D eigenvalue weighted by Crippen LogP contribution is 2.37. The van der Waals surface area contributed by atoms with E-state index in [4.69, 9.17) is 4.74 Å². The van der Waals surface area contributed by atoms with Gasteiger partial charge in [-0.1, -0.05) is 36.4 Å². The minimum Gasteiger partial charge on any atom is -0.446 e.